The van der Waals surface area contributed by atoms with Crippen molar-refractivity contribution in [3.63, 3.8) is 0 Å². The van der Waals surface area contributed by atoms with Gasteiger partial charge in [-0.05, 0) is 64.0 Å². The van der Waals surface area contributed by atoms with Crippen molar-refractivity contribution in [2.75, 3.05) is 26.3 Å². The van der Waals surface area contributed by atoms with Crippen molar-refractivity contribution < 1.29 is 9.47 Å². The van der Waals surface area contributed by atoms with Gasteiger partial charge in [-0.1, -0.05) is 35.4 Å². The number of rotatable bonds is 10. The fourth-order valence-corrected chi connectivity index (χ4v) is 2.17. The quantitative estimate of drug-likeness (QED) is 0.638. The maximum Gasteiger partial charge on any atom is 0.119 e. The zero-order valence-corrected chi connectivity index (χ0v) is 15.4. The molecule has 0 aliphatic heterocycles. The number of halogens is 1. The van der Waals surface area contributed by atoms with Crippen molar-refractivity contribution in [3.8, 4) is 11.5 Å². The maximum atomic E-state index is 5.69. The Morgan fingerprint density at radius 3 is 1.42 bits per heavy atom. The van der Waals surface area contributed by atoms with Crippen LogP contribution in [0.2, 0.25) is 0 Å². The molecule has 0 heterocycles. The molecular weight excluding hydrogens is 322 g/mol. The monoisotopic (exact) mass is 349 g/mol. The lowest BCUT2D eigenvalue weighted by atomic mass is 10.2. The van der Waals surface area contributed by atoms with E-state index in [1.165, 1.54) is 11.1 Å². The summed E-state index contributed by atoms with van der Waals surface area (Å²) < 4.78 is 11.4. The topological polar surface area (TPSA) is 30.5 Å². The average molecular weight is 350 g/mol. The van der Waals surface area contributed by atoms with E-state index < -0.39 is 0 Å². The molecule has 0 fully saturated rings. The van der Waals surface area contributed by atoms with Crippen molar-refractivity contribution in [2.24, 2.45) is 0 Å². The van der Waals surface area contributed by atoms with Gasteiger partial charge >= 0.3 is 0 Å². The first kappa shape index (κ1) is 20.3. The molecule has 4 heteroatoms. The van der Waals surface area contributed by atoms with Crippen LogP contribution in [0, 0.1) is 13.8 Å². The van der Waals surface area contributed by atoms with Gasteiger partial charge in [0.15, 0.2) is 0 Å². The Hall–Kier alpha value is -1.71. The molecule has 2 aromatic carbocycles. The highest BCUT2D eigenvalue weighted by Crippen LogP contribution is 2.12. The van der Waals surface area contributed by atoms with Gasteiger partial charge in [0.1, 0.15) is 11.5 Å². The summed E-state index contributed by atoms with van der Waals surface area (Å²) in [6, 6.07) is 16.4. The molecule has 0 aromatic heterocycles. The van der Waals surface area contributed by atoms with E-state index in [-0.39, 0.29) is 12.4 Å². The first-order chi connectivity index (χ1) is 11.2. The number of benzene rings is 2. The summed E-state index contributed by atoms with van der Waals surface area (Å²) in [5, 5.41) is 3.42. The summed E-state index contributed by atoms with van der Waals surface area (Å²) >= 11 is 0. The molecule has 0 aliphatic carbocycles. The largest absolute Gasteiger partial charge is 0.494 e. The summed E-state index contributed by atoms with van der Waals surface area (Å²) in [5.74, 6) is 1.89. The lowest BCUT2D eigenvalue weighted by Gasteiger charge is -2.08. The molecule has 0 amide bonds. The van der Waals surface area contributed by atoms with Crippen molar-refractivity contribution in [1.82, 2.24) is 5.32 Å². The van der Waals surface area contributed by atoms with Crippen LogP contribution in [-0.4, -0.2) is 26.3 Å². The smallest absolute Gasteiger partial charge is 0.119 e. The van der Waals surface area contributed by atoms with Gasteiger partial charge < -0.3 is 14.8 Å². The minimum atomic E-state index is 0. The highest BCUT2D eigenvalue weighted by Gasteiger charge is 1.95. The summed E-state index contributed by atoms with van der Waals surface area (Å²) in [7, 11) is 0. The molecule has 0 atom stereocenters. The third-order valence-corrected chi connectivity index (χ3v) is 3.58. The number of aryl methyl sites for hydroxylation is 2. The molecule has 0 spiro atoms. The van der Waals surface area contributed by atoms with E-state index in [0.29, 0.717) is 0 Å². The SMILES string of the molecule is Cc1ccc(OCCCNCCCOc2ccc(C)cc2)cc1.Cl. The standard InChI is InChI=1S/C20H27NO2.ClH/c1-17-5-9-19(10-6-17)22-15-3-13-21-14-4-16-23-20-11-7-18(2)8-12-20;/h5-12,21H,3-4,13-16H2,1-2H3;1H. The second-order valence-electron chi connectivity index (χ2n) is 5.78. The number of ether oxygens (including phenoxy) is 2. The normalized spacial score (nSPS) is 10.1. The Morgan fingerprint density at radius 2 is 1.04 bits per heavy atom. The highest BCUT2D eigenvalue weighted by atomic mass is 35.5. The molecule has 0 aliphatic rings. The minimum absolute atomic E-state index is 0. The van der Waals surface area contributed by atoms with E-state index in [9.17, 15) is 0 Å². The molecule has 0 bridgehead atoms. The van der Waals surface area contributed by atoms with Gasteiger partial charge in [-0.25, -0.2) is 0 Å². The molecule has 1 N–H and O–H groups in total. The number of hydrogen-bond acceptors (Lipinski definition) is 3. The van der Waals surface area contributed by atoms with Crippen molar-refractivity contribution in [2.45, 2.75) is 26.7 Å². The van der Waals surface area contributed by atoms with E-state index in [2.05, 4.69) is 43.4 Å². The van der Waals surface area contributed by atoms with Crippen LogP contribution in [0.25, 0.3) is 0 Å². The molecule has 132 valence electrons. The molecule has 3 nitrogen and oxygen atoms in total. The maximum absolute atomic E-state index is 5.69. The van der Waals surface area contributed by atoms with Gasteiger partial charge in [0, 0.05) is 0 Å². The Balaban J connectivity index is 0.00000288. The second-order valence-corrected chi connectivity index (χ2v) is 5.78. The van der Waals surface area contributed by atoms with Crippen LogP contribution in [0.15, 0.2) is 48.5 Å². The Kier molecular flexibility index (Phi) is 9.97. The van der Waals surface area contributed by atoms with E-state index in [1.807, 2.05) is 24.3 Å². The third-order valence-electron chi connectivity index (χ3n) is 3.58. The zero-order chi connectivity index (χ0) is 16.3. The number of hydrogen-bond donors (Lipinski definition) is 1. The van der Waals surface area contributed by atoms with Gasteiger partial charge in [0.2, 0.25) is 0 Å². The van der Waals surface area contributed by atoms with Crippen LogP contribution in [-0.2, 0) is 0 Å². The van der Waals surface area contributed by atoms with E-state index in [0.717, 1.165) is 50.6 Å². The molecular formula is C20H28ClNO2. The van der Waals surface area contributed by atoms with Crippen LogP contribution in [0.5, 0.6) is 11.5 Å². The Bertz CT molecular complexity index is 503. The first-order valence-corrected chi connectivity index (χ1v) is 8.34. The highest BCUT2D eigenvalue weighted by molar-refractivity contribution is 5.85. The molecule has 0 radical (unpaired) electrons. The van der Waals surface area contributed by atoms with E-state index >= 15 is 0 Å². The van der Waals surface area contributed by atoms with Gasteiger partial charge in [0.25, 0.3) is 0 Å². The second kappa shape index (κ2) is 11.8. The van der Waals surface area contributed by atoms with Crippen molar-refractivity contribution in [3.05, 3.63) is 59.7 Å². The molecule has 0 saturated heterocycles. The average Bonchev–Trinajstić information content (AvgIpc) is 2.56. The predicted octanol–water partition coefficient (Wildman–Crippen LogP) is 4.55. The van der Waals surface area contributed by atoms with Crippen LogP contribution < -0.4 is 14.8 Å². The minimum Gasteiger partial charge on any atom is -0.494 e. The van der Waals surface area contributed by atoms with Gasteiger partial charge in [0.05, 0.1) is 13.2 Å². The molecule has 2 rings (SSSR count). The molecule has 24 heavy (non-hydrogen) atoms. The lowest BCUT2D eigenvalue weighted by molar-refractivity contribution is 0.298. The van der Waals surface area contributed by atoms with Crippen LogP contribution >= 0.6 is 12.4 Å². The third kappa shape index (κ3) is 8.23. The fraction of sp³-hybridized carbons (Fsp3) is 0.400. The summed E-state index contributed by atoms with van der Waals surface area (Å²) in [6.45, 7) is 7.59. The Labute approximate surface area is 151 Å². The first-order valence-electron chi connectivity index (χ1n) is 8.34. The summed E-state index contributed by atoms with van der Waals surface area (Å²) in [6.07, 6.45) is 2.01. The van der Waals surface area contributed by atoms with Crippen LogP contribution in [0.3, 0.4) is 0 Å². The predicted molar refractivity (Wildman–Crippen MR) is 103 cm³/mol. The van der Waals surface area contributed by atoms with Gasteiger partial charge in [-0.2, -0.15) is 0 Å². The molecule has 2 aromatic rings. The summed E-state index contributed by atoms with van der Waals surface area (Å²) in [4.78, 5) is 0. The van der Waals surface area contributed by atoms with Gasteiger partial charge in [-0.3, -0.25) is 0 Å². The molecule has 0 saturated carbocycles. The van der Waals surface area contributed by atoms with E-state index in [1.54, 1.807) is 0 Å². The summed E-state index contributed by atoms with van der Waals surface area (Å²) in [5.41, 5.74) is 2.51. The van der Waals surface area contributed by atoms with Crippen LogP contribution in [0.1, 0.15) is 24.0 Å². The molecule has 0 unspecified atom stereocenters. The van der Waals surface area contributed by atoms with E-state index in [4.69, 9.17) is 9.47 Å². The van der Waals surface area contributed by atoms with Crippen molar-refractivity contribution >= 4 is 12.4 Å². The lowest BCUT2D eigenvalue weighted by Crippen LogP contribution is -2.20. The zero-order valence-electron chi connectivity index (χ0n) is 14.6. The van der Waals surface area contributed by atoms with Crippen molar-refractivity contribution in [1.29, 1.82) is 0 Å². The Morgan fingerprint density at radius 1 is 0.667 bits per heavy atom. The van der Waals surface area contributed by atoms with Gasteiger partial charge in [-0.15, -0.1) is 12.4 Å². The van der Waals surface area contributed by atoms with Crippen LogP contribution in [0.4, 0.5) is 0 Å². The fourth-order valence-electron chi connectivity index (χ4n) is 2.17. The number of nitrogens with one attached hydrogen (secondary N) is 1.